The van der Waals surface area contributed by atoms with Crippen molar-refractivity contribution in [1.82, 2.24) is 0 Å². The van der Waals surface area contributed by atoms with E-state index in [4.69, 9.17) is 0 Å². The highest BCUT2D eigenvalue weighted by Gasteiger charge is 2.68. The largest absolute Gasteiger partial charge is 0.481 e. The lowest BCUT2D eigenvalue weighted by Gasteiger charge is -2.71. The van der Waals surface area contributed by atoms with Crippen molar-refractivity contribution >= 4 is 5.97 Å². The summed E-state index contributed by atoms with van der Waals surface area (Å²) in [5, 5.41) is 31.6. The highest BCUT2D eigenvalue weighted by atomic mass is 16.4. The molecule has 0 spiro atoms. The van der Waals surface area contributed by atoms with Crippen LogP contribution in [0.15, 0.2) is 11.6 Å². The normalized spacial score (nSPS) is 54.1. The molecule has 0 heterocycles. The van der Waals surface area contributed by atoms with Crippen LogP contribution in [0.4, 0.5) is 0 Å². The highest BCUT2D eigenvalue weighted by Crippen LogP contribution is 2.75. The van der Waals surface area contributed by atoms with Crippen LogP contribution < -0.4 is 0 Å². The van der Waals surface area contributed by atoms with Crippen molar-refractivity contribution in [2.45, 2.75) is 112 Å². The van der Waals surface area contributed by atoms with Crippen LogP contribution in [-0.2, 0) is 4.79 Å². The Hall–Kier alpha value is -0.870. The van der Waals surface area contributed by atoms with Crippen LogP contribution >= 0.6 is 0 Å². The Balaban J connectivity index is 1.58. The molecule has 3 N–H and O–H groups in total. The Morgan fingerprint density at radius 2 is 1.62 bits per heavy atom. The summed E-state index contributed by atoms with van der Waals surface area (Å²) >= 11 is 0. The van der Waals surface area contributed by atoms with E-state index in [1.54, 1.807) is 0 Å². The van der Waals surface area contributed by atoms with E-state index in [2.05, 4.69) is 40.7 Å². The molecule has 0 saturated heterocycles. The minimum Gasteiger partial charge on any atom is -0.481 e. The summed E-state index contributed by atoms with van der Waals surface area (Å²) in [6.45, 7) is 14.3. The van der Waals surface area contributed by atoms with Crippen molar-refractivity contribution in [1.29, 1.82) is 0 Å². The molecule has 4 nitrogen and oxygen atoms in total. The van der Waals surface area contributed by atoms with Crippen molar-refractivity contribution in [2.24, 2.45) is 50.2 Å². The minimum absolute atomic E-state index is 0.0458. The van der Waals surface area contributed by atoms with Crippen molar-refractivity contribution in [3.8, 4) is 0 Å². The molecule has 4 heteroatoms. The molecule has 0 bridgehead atoms. The minimum atomic E-state index is -0.701. The Morgan fingerprint density at radius 1 is 0.941 bits per heavy atom. The van der Waals surface area contributed by atoms with Crippen LogP contribution in [0.5, 0.6) is 0 Å². The van der Waals surface area contributed by atoms with Crippen LogP contribution in [0.25, 0.3) is 0 Å². The van der Waals surface area contributed by atoms with Crippen molar-refractivity contribution in [3.05, 3.63) is 11.6 Å². The molecule has 5 aliphatic carbocycles. The number of hydrogen-bond acceptors (Lipinski definition) is 3. The average Bonchev–Trinajstić information content (AvgIpc) is 2.77. The zero-order chi connectivity index (χ0) is 24.9. The van der Waals surface area contributed by atoms with Gasteiger partial charge >= 0.3 is 5.97 Å². The maximum Gasteiger partial charge on any atom is 0.309 e. The summed E-state index contributed by atoms with van der Waals surface area (Å²) < 4.78 is 0. The van der Waals surface area contributed by atoms with Gasteiger partial charge in [0, 0.05) is 12.0 Å². The first-order valence-corrected chi connectivity index (χ1v) is 13.9. The van der Waals surface area contributed by atoms with E-state index in [9.17, 15) is 20.1 Å². The van der Waals surface area contributed by atoms with E-state index in [0.717, 1.165) is 38.5 Å². The van der Waals surface area contributed by atoms with E-state index >= 15 is 0 Å². The summed E-state index contributed by atoms with van der Waals surface area (Å²) in [7, 11) is 0. The lowest BCUT2D eigenvalue weighted by molar-refractivity contribution is -0.205. The molecule has 4 fully saturated rings. The fraction of sp³-hybridized carbons (Fsp3) is 0.900. The first-order valence-electron chi connectivity index (χ1n) is 13.9. The molecule has 34 heavy (non-hydrogen) atoms. The predicted octanol–water partition coefficient (Wildman–Crippen LogP) is 6.21. The quantitative estimate of drug-likeness (QED) is 0.418. The molecular formula is C30H48O4. The van der Waals surface area contributed by atoms with E-state index in [-0.39, 0.29) is 45.7 Å². The first-order chi connectivity index (χ1) is 15.7. The maximum absolute atomic E-state index is 12.3. The van der Waals surface area contributed by atoms with Crippen LogP contribution in [0, 0.1) is 50.2 Å². The molecule has 0 aliphatic heterocycles. The third-order valence-electron chi connectivity index (χ3n) is 13.4. The molecule has 0 radical (unpaired) electrons. The molecule has 9 unspecified atom stereocenters. The lowest BCUT2D eigenvalue weighted by Crippen LogP contribution is -2.65. The Bertz CT molecular complexity index is 907. The Kier molecular flexibility index (Phi) is 5.36. The number of hydrogen-bond donors (Lipinski definition) is 3. The number of fused-ring (bicyclic) bond motifs is 7. The summed E-state index contributed by atoms with van der Waals surface area (Å²) in [5.41, 5.74) is 1.01. The second kappa shape index (κ2) is 7.34. The number of aliphatic hydroxyl groups is 2. The molecule has 0 aromatic heterocycles. The second-order valence-corrected chi connectivity index (χ2v) is 14.8. The Morgan fingerprint density at radius 3 is 2.26 bits per heavy atom. The zero-order valence-corrected chi connectivity index (χ0v) is 22.4. The number of aliphatic hydroxyl groups excluding tert-OH is 2. The first kappa shape index (κ1) is 24.8. The van der Waals surface area contributed by atoms with E-state index < -0.39 is 11.4 Å². The van der Waals surface area contributed by atoms with Crippen molar-refractivity contribution in [2.75, 3.05) is 6.61 Å². The van der Waals surface area contributed by atoms with Gasteiger partial charge < -0.3 is 15.3 Å². The predicted molar refractivity (Wildman–Crippen MR) is 134 cm³/mol. The van der Waals surface area contributed by atoms with Crippen LogP contribution in [0.1, 0.15) is 106 Å². The third-order valence-corrected chi connectivity index (χ3v) is 13.4. The number of carboxylic acid groups (broad SMARTS) is 1. The molecular weight excluding hydrogens is 424 g/mol. The van der Waals surface area contributed by atoms with E-state index in [1.807, 2.05) is 6.92 Å². The van der Waals surface area contributed by atoms with Crippen molar-refractivity contribution in [3.63, 3.8) is 0 Å². The standard InChI is InChI=1S/C30H48O4/c1-25(2)21-9-12-29(6)22(27(21,4)11-10-23(25)32)8-7-19-20-17-26(3,24(33)34)13-15-30(20,18-31)16-14-28(19,29)5/h7,20-23,31-32H,8-18H2,1-6H3,(H,33,34). The summed E-state index contributed by atoms with van der Waals surface area (Å²) in [5.74, 6) is 0.600. The molecule has 4 saturated carbocycles. The van der Waals surface area contributed by atoms with Gasteiger partial charge in [-0.2, -0.15) is 0 Å². The van der Waals surface area contributed by atoms with Crippen molar-refractivity contribution < 1.29 is 20.1 Å². The van der Waals surface area contributed by atoms with E-state index in [0.29, 0.717) is 24.7 Å². The number of carbonyl (C=O) groups is 1. The van der Waals surface area contributed by atoms with Crippen LogP contribution in [0.2, 0.25) is 0 Å². The zero-order valence-electron chi connectivity index (χ0n) is 22.4. The summed E-state index contributed by atoms with van der Waals surface area (Å²) in [6.07, 6.45) is 12.0. The number of rotatable bonds is 2. The average molecular weight is 473 g/mol. The van der Waals surface area contributed by atoms with Gasteiger partial charge in [-0.15, -0.1) is 0 Å². The van der Waals surface area contributed by atoms with Crippen LogP contribution in [-0.4, -0.2) is 34.0 Å². The molecule has 0 aromatic rings. The topological polar surface area (TPSA) is 77.8 Å². The number of carboxylic acids is 1. The fourth-order valence-corrected chi connectivity index (χ4v) is 10.7. The molecule has 9 atom stereocenters. The van der Waals surface area contributed by atoms with Gasteiger partial charge in [0.15, 0.2) is 0 Å². The van der Waals surface area contributed by atoms with Gasteiger partial charge in [-0.1, -0.05) is 46.3 Å². The maximum atomic E-state index is 12.3. The smallest absolute Gasteiger partial charge is 0.309 e. The van der Waals surface area contributed by atoms with Gasteiger partial charge in [-0.05, 0) is 111 Å². The Labute approximate surface area is 206 Å². The SMILES string of the molecule is CC1(C(=O)O)CCC2(CO)CCC3(C)C(=CCC4C5(C)CCC(O)C(C)(C)C5CCC43C)C2C1. The molecule has 192 valence electrons. The fourth-order valence-electron chi connectivity index (χ4n) is 10.7. The van der Waals surface area contributed by atoms with Gasteiger partial charge in [0.1, 0.15) is 0 Å². The van der Waals surface area contributed by atoms with Crippen LogP contribution in [0.3, 0.4) is 0 Å². The molecule has 5 aliphatic rings. The van der Waals surface area contributed by atoms with Gasteiger partial charge in [0.2, 0.25) is 0 Å². The molecule has 0 amide bonds. The monoisotopic (exact) mass is 472 g/mol. The molecule has 0 aromatic carbocycles. The highest BCUT2D eigenvalue weighted by molar-refractivity contribution is 5.74. The second-order valence-electron chi connectivity index (χ2n) is 14.8. The lowest BCUT2D eigenvalue weighted by atomic mass is 9.33. The summed E-state index contributed by atoms with van der Waals surface area (Å²) in [6, 6.07) is 0. The van der Waals surface area contributed by atoms with E-state index in [1.165, 1.54) is 18.4 Å². The third kappa shape index (κ3) is 2.88. The van der Waals surface area contributed by atoms with Gasteiger partial charge in [-0.3, -0.25) is 4.79 Å². The van der Waals surface area contributed by atoms with Gasteiger partial charge in [-0.25, -0.2) is 0 Å². The van der Waals surface area contributed by atoms with Gasteiger partial charge in [0.25, 0.3) is 0 Å². The molecule has 5 rings (SSSR count). The number of allylic oxidation sites excluding steroid dienone is 2. The number of aliphatic carboxylic acids is 1. The van der Waals surface area contributed by atoms with Gasteiger partial charge in [0.05, 0.1) is 11.5 Å². The summed E-state index contributed by atoms with van der Waals surface area (Å²) in [4.78, 5) is 12.3.